The van der Waals surface area contributed by atoms with Crippen molar-refractivity contribution >= 4 is 17.3 Å². The first-order valence-electron chi connectivity index (χ1n) is 8.13. The Balaban J connectivity index is 1.87. The molecule has 2 aromatic rings. The summed E-state index contributed by atoms with van der Waals surface area (Å²) in [6.07, 6.45) is 9.81. The van der Waals surface area contributed by atoms with Crippen molar-refractivity contribution in [3.05, 3.63) is 34.3 Å². The van der Waals surface area contributed by atoms with E-state index in [9.17, 15) is 0 Å². The van der Waals surface area contributed by atoms with Crippen LogP contribution in [0.1, 0.15) is 62.1 Å². The maximum Gasteiger partial charge on any atom is 0.203 e. The van der Waals surface area contributed by atoms with E-state index in [1.54, 1.807) is 0 Å². The molecule has 0 spiro atoms. The number of nitrogens with one attached hydrogen (secondary N) is 1. The lowest BCUT2D eigenvalue weighted by Gasteiger charge is -2.21. The van der Waals surface area contributed by atoms with E-state index < -0.39 is 0 Å². The number of hydrogen-bond acceptors (Lipinski definition) is 3. The standard InChI is InChI=1S/C17H25N3S/c1-3-7-15(16-10-6-11-21-16)20-12-13(2)18-17(20)19-14-8-4-5-9-14/h6,10-12,14-15H,3-5,7-9H2,1-2H3,(H,18,19). The zero-order valence-corrected chi connectivity index (χ0v) is 13.8. The number of anilines is 1. The summed E-state index contributed by atoms with van der Waals surface area (Å²) in [5.74, 6) is 1.06. The molecule has 1 saturated carbocycles. The average Bonchev–Trinajstić information content (AvgIpc) is 3.18. The van der Waals surface area contributed by atoms with Gasteiger partial charge in [0, 0.05) is 17.1 Å². The van der Waals surface area contributed by atoms with E-state index in [2.05, 4.69) is 47.4 Å². The van der Waals surface area contributed by atoms with Crippen LogP contribution in [0.5, 0.6) is 0 Å². The Labute approximate surface area is 131 Å². The van der Waals surface area contributed by atoms with Gasteiger partial charge in [-0.2, -0.15) is 0 Å². The van der Waals surface area contributed by atoms with Crippen LogP contribution in [0.2, 0.25) is 0 Å². The van der Waals surface area contributed by atoms with Crippen molar-refractivity contribution in [2.75, 3.05) is 5.32 Å². The van der Waals surface area contributed by atoms with Crippen LogP contribution in [0.3, 0.4) is 0 Å². The third-order valence-corrected chi connectivity index (χ3v) is 5.28. The second-order valence-electron chi connectivity index (χ2n) is 6.06. The maximum absolute atomic E-state index is 4.74. The first-order valence-corrected chi connectivity index (χ1v) is 9.01. The molecule has 0 bridgehead atoms. The van der Waals surface area contributed by atoms with Gasteiger partial charge in [0.1, 0.15) is 0 Å². The highest BCUT2D eigenvalue weighted by Crippen LogP contribution is 2.31. The Bertz CT molecular complexity index is 553. The zero-order chi connectivity index (χ0) is 14.7. The van der Waals surface area contributed by atoms with Gasteiger partial charge >= 0.3 is 0 Å². The number of thiophene rings is 1. The largest absolute Gasteiger partial charge is 0.353 e. The molecule has 21 heavy (non-hydrogen) atoms. The Morgan fingerprint density at radius 2 is 2.24 bits per heavy atom. The molecule has 0 amide bonds. The van der Waals surface area contributed by atoms with Gasteiger partial charge in [-0.3, -0.25) is 0 Å². The summed E-state index contributed by atoms with van der Waals surface area (Å²) in [5, 5.41) is 5.86. The van der Waals surface area contributed by atoms with Gasteiger partial charge in [0.25, 0.3) is 0 Å². The van der Waals surface area contributed by atoms with Crippen LogP contribution in [-0.4, -0.2) is 15.6 Å². The van der Waals surface area contributed by atoms with Gasteiger partial charge in [-0.25, -0.2) is 4.98 Å². The molecule has 1 atom stereocenters. The highest BCUT2D eigenvalue weighted by Gasteiger charge is 2.21. The predicted molar refractivity (Wildman–Crippen MR) is 90.2 cm³/mol. The molecule has 1 aliphatic rings. The number of imidazole rings is 1. The van der Waals surface area contributed by atoms with Crippen LogP contribution in [0.4, 0.5) is 5.95 Å². The van der Waals surface area contributed by atoms with Gasteiger partial charge in [0.05, 0.1) is 11.7 Å². The summed E-state index contributed by atoms with van der Waals surface area (Å²) in [5.41, 5.74) is 1.10. The summed E-state index contributed by atoms with van der Waals surface area (Å²) >= 11 is 1.85. The van der Waals surface area contributed by atoms with E-state index in [0.717, 1.165) is 18.1 Å². The lowest BCUT2D eigenvalue weighted by atomic mass is 10.1. The van der Waals surface area contributed by atoms with E-state index >= 15 is 0 Å². The highest BCUT2D eigenvalue weighted by atomic mass is 32.1. The predicted octanol–water partition coefficient (Wildman–Crippen LogP) is 5.00. The molecule has 3 rings (SSSR count). The Morgan fingerprint density at radius 1 is 1.43 bits per heavy atom. The first-order chi connectivity index (χ1) is 10.3. The summed E-state index contributed by atoms with van der Waals surface area (Å²) in [6, 6.07) is 5.42. The number of nitrogens with zero attached hydrogens (tertiary/aromatic N) is 2. The highest BCUT2D eigenvalue weighted by molar-refractivity contribution is 7.10. The van der Waals surface area contributed by atoms with Gasteiger partial charge in [-0.15, -0.1) is 11.3 Å². The minimum absolute atomic E-state index is 0.417. The van der Waals surface area contributed by atoms with Crippen LogP contribution in [-0.2, 0) is 0 Å². The van der Waals surface area contributed by atoms with Crippen LogP contribution in [0.15, 0.2) is 23.7 Å². The third kappa shape index (κ3) is 3.31. The van der Waals surface area contributed by atoms with E-state index in [0.29, 0.717) is 12.1 Å². The summed E-state index contributed by atoms with van der Waals surface area (Å²) in [6.45, 7) is 4.35. The molecule has 2 aromatic heterocycles. The van der Waals surface area contributed by atoms with E-state index in [4.69, 9.17) is 4.98 Å². The van der Waals surface area contributed by atoms with E-state index in [1.165, 1.54) is 37.0 Å². The molecule has 2 heterocycles. The molecule has 1 fully saturated rings. The Kier molecular flexibility index (Phi) is 4.63. The molecule has 1 N–H and O–H groups in total. The number of aryl methyl sites for hydroxylation is 1. The average molecular weight is 303 g/mol. The Hall–Kier alpha value is -1.29. The van der Waals surface area contributed by atoms with Crippen LogP contribution in [0, 0.1) is 6.92 Å². The lowest BCUT2D eigenvalue weighted by Crippen LogP contribution is -2.20. The van der Waals surface area contributed by atoms with E-state index in [1.807, 2.05) is 11.3 Å². The second-order valence-corrected chi connectivity index (χ2v) is 7.04. The smallest absolute Gasteiger partial charge is 0.203 e. The quantitative estimate of drug-likeness (QED) is 0.814. The molecule has 4 heteroatoms. The van der Waals surface area contributed by atoms with Crippen molar-refractivity contribution in [2.45, 2.75) is 64.5 Å². The molecule has 114 valence electrons. The lowest BCUT2D eigenvalue weighted by molar-refractivity contribution is 0.541. The fraction of sp³-hybridized carbons (Fsp3) is 0.588. The SMILES string of the molecule is CCCC(c1cccs1)n1cc(C)nc1NC1CCCC1. The van der Waals surface area contributed by atoms with Gasteiger partial charge in [-0.05, 0) is 37.6 Å². The first kappa shape index (κ1) is 14.6. The molecular formula is C17H25N3S. The molecule has 0 radical (unpaired) electrons. The maximum atomic E-state index is 4.74. The van der Waals surface area contributed by atoms with Crippen molar-refractivity contribution < 1.29 is 0 Å². The van der Waals surface area contributed by atoms with Crippen molar-refractivity contribution in [3.63, 3.8) is 0 Å². The van der Waals surface area contributed by atoms with Crippen molar-refractivity contribution in [3.8, 4) is 0 Å². The summed E-state index contributed by atoms with van der Waals surface area (Å²) in [7, 11) is 0. The molecule has 1 unspecified atom stereocenters. The third-order valence-electron chi connectivity index (χ3n) is 4.31. The number of hydrogen-bond donors (Lipinski definition) is 1. The monoisotopic (exact) mass is 303 g/mol. The van der Waals surface area contributed by atoms with Crippen LogP contribution >= 0.6 is 11.3 Å². The minimum Gasteiger partial charge on any atom is -0.353 e. The summed E-state index contributed by atoms with van der Waals surface area (Å²) in [4.78, 5) is 6.18. The molecule has 0 saturated heterocycles. The van der Waals surface area contributed by atoms with Crippen LogP contribution < -0.4 is 5.32 Å². The van der Waals surface area contributed by atoms with Crippen molar-refractivity contribution in [1.29, 1.82) is 0 Å². The molecular weight excluding hydrogens is 278 g/mol. The fourth-order valence-electron chi connectivity index (χ4n) is 3.29. The number of rotatable bonds is 6. The molecule has 0 aliphatic heterocycles. The molecule has 1 aliphatic carbocycles. The zero-order valence-electron chi connectivity index (χ0n) is 13.0. The Morgan fingerprint density at radius 3 is 2.90 bits per heavy atom. The van der Waals surface area contributed by atoms with Gasteiger partial charge < -0.3 is 9.88 Å². The van der Waals surface area contributed by atoms with Gasteiger partial charge in [0.15, 0.2) is 0 Å². The summed E-state index contributed by atoms with van der Waals surface area (Å²) < 4.78 is 2.36. The number of aromatic nitrogens is 2. The molecule has 3 nitrogen and oxygen atoms in total. The van der Waals surface area contributed by atoms with Gasteiger partial charge in [-0.1, -0.05) is 32.3 Å². The topological polar surface area (TPSA) is 29.9 Å². The fourth-order valence-corrected chi connectivity index (χ4v) is 4.15. The van der Waals surface area contributed by atoms with Crippen LogP contribution in [0.25, 0.3) is 0 Å². The molecule has 0 aromatic carbocycles. The normalized spacial score (nSPS) is 17.2. The second kappa shape index (κ2) is 6.65. The van der Waals surface area contributed by atoms with Crippen molar-refractivity contribution in [2.24, 2.45) is 0 Å². The van der Waals surface area contributed by atoms with Gasteiger partial charge in [0.2, 0.25) is 5.95 Å². The van der Waals surface area contributed by atoms with Crippen molar-refractivity contribution in [1.82, 2.24) is 9.55 Å². The van der Waals surface area contributed by atoms with E-state index in [-0.39, 0.29) is 0 Å². The minimum atomic E-state index is 0.417.